The highest BCUT2D eigenvalue weighted by Gasteiger charge is 2.33. The van der Waals surface area contributed by atoms with Crippen molar-refractivity contribution >= 4 is 29.9 Å². The zero-order valence-electron chi connectivity index (χ0n) is 16.2. The summed E-state index contributed by atoms with van der Waals surface area (Å²) in [5.74, 6) is 1.70. The van der Waals surface area contributed by atoms with Crippen LogP contribution in [0.5, 0.6) is 0 Å². The zero-order valence-corrected chi connectivity index (χ0v) is 18.5. The fraction of sp³-hybridized carbons (Fsp3) is 0.650. The van der Waals surface area contributed by atoms with Gasteiger partial charge in [-0.3, -0.25) is 4.90 Å². The number of morpholine rings is 1. The number of halogens is 1. The molecule has 3 unspecified atom stereocenters. The number of rotatable bonds is 6. The Morgan fingerprint density at radius 1 is 1.31 bits per heavy atom. The fourth-order valence-corrected chi connectivity index (χ4v) is 3.31. The second-order valence-electron chi connectivity index (χ2n) is 7.40. The molecule has 0 radical (unpaired) electrons. The van der Waals surface area contributed by atoms with Crippen molar-refractivity contribution in [2.75, 3.05) is 26.2 Å². The van der Waals surface area contributed by atoms with E-state index in [1.165, 1.54) is 17.5 Å². The second-order valence-corrected chi connectivity index (χ2v) is 7.40. The third kappa shape index (κ3) is 6.70. The van der Waals surface area contributed by atoms with Gasteiger partial charge < -0.3 is 15.4 Å². The molecule has 5 nitrogen and oxygen atoms in total. The Hall–Kier alpha value is -0.860. The fourth-order valence-electron chi connectivity index (χ4n) is 3.31. The summed E-state index contributed by atoms with van der Waals surface area (Å²) in [7, 11) is 0. The number of hydrogen-bond donors (Lipinski definition) is 2. The molecule has 0 aromatic heterocycles. The van der Waals surface area contributed by atoms with E-state index >= 15 is 0 Å². The SMILES string of the molecule is CCNC(=NCc1cccc(CN2CCOC(C)C2)c1)NC1CC1C.I. The van der Waals surface area contributed by atoms with Crippen molar-refractivity contribution in [3.8, 4) is 0 Å². The van der Waals surface area contributed by atoms with Crippen LogP contribution in [0, 0.1) is 5.92 Å². The maximum atomic E-state index is 5.63. The van der Waals surface area contributed by atoms with Crippen LogP contribution in [0.4, 0.5) is 0 Å². The van der Waals surface area contributed by atoms with Gasteiger partial charge in [-0.25, -0.2) is 4.99 Å². The van der Waals surface area contributed by atoms with Gasteiger partial charge in [0, 0.05) is 32.2 Å². The number of hydrogen-bond acceptors (Lipinski definition) is 3. The minimum atomic E-state index is 0. The van der Waals surface area contributed by atoms with E-state index in [-0.39, 0.29) is 24.0 Å². The molecule has 6 heteroatoms. The van der Waals surface area contributed by atoms with Crippen molar-refractivity contribution in [1.82, 2.24) is 15.5 Å². The molecule has 146 valence electrons. The van der Waals surface area contributed by atoms with Crippen LogP contribution >= 0.6 is 24.0 Å². The van der Waals surface area contributed by atoms with Crippen molar-refractivity contribution in [3.05, 3.63) is 35.4 Å². The molecule has 2 N–H and O–H groups in total. The Labute approximate surface area is 175 Å². The Bertz CT molecular complexity index is 595. The highest BCUT2D eigenvalue weighted by atomic mass is 127. The Balaban J connectivity index is 0.00000243. The highest BCUT2D eigenvalue weighted by Crippen LogP contribution is 2.28. The van der Waals surface area contributed by atoms with Gasteiger partial charge in [0.2, 0.25) is 0 Å². The van der Waals surface area contributed by atoms with Crippen molar-refractivity contribution < 1.29 is 4.74 Å². The molecule has 0 amide bonds. The minimum absolute atomic E-state index is 0. The Morgan fingerprint density at radius 2 is 2.08 bits per heavy atom. The number of benzene rings is 1. The molecule has 1 aliphatic carbocycles. The second kappa shape index (κ2) is 10.5. The first kappa shape index (κ1) is 21.4. The van der Waals surface area contributed by atoms with Crippen LogP contribution in [0.3, 0.4) is 0 Å². The molecule has 0 spiro atoms. The molecular weight excluding hydrogens is 439 g/mol. The quantitative estimate of drug-likeness (QED) is 0.380. The van der Waals surface area contributed by atoms with E-state index in [0.717, 1.165) is 44.7 Å². The molecule has 3 rings (SSSR count). The smallest absolute Gasteiger partial charge is 0.191 e. The van der Waals surface area contributed by atoms with Gasteiger partial charge in [-0.1, -0.05) is 31.2 Å². The third-order valence-electron chi connectivity index (χ3n) is 4.92. The molecule has 3 atom stereocenters. The minimum Gasteiger partial charge on any atom is -0.376 e. The van der Waals surface area contributed by atoms with Crippen molar-refractivity contribution in [2.45, 2.75) is 52.4 Å². The number of guanidine groups is 1. The first-order valence-electron chi connectivity index (χ1n) is 9.60. The van der Waals surface area contributed by atoms with Gasteiger partial charge in [0.05, 0.1) is 19.3 Å². The lowest BCUT2D eigenvalue weighted by Gasteiger charge is -2.31. The molecule has 2 aliphatic rings. The maximum absolute atomic E-state index is 5.63. The molecule has 1 saturated carbocycles. The lowest BCUT2D eigenvalue weighted by Crippen LogP contribution is -2.40. The van der Waals surface area contributed by atoms with Gasteiger partial charge in [-0.05, 0) is 37.3 Å². The third-order valence-corrected chi connectivity index (χ3v) is 4.92. The van der Waals surface area contributed by atoms with Crippen LogP contribution in [0.15, 0.2) is 29.3 Å². The van der Waals surface area contributed by atoms with Crippen LogP contribution in [0.1, 0.15) is 38.3 Å². The number of nitrogens with one attached hydrogen (secondary N) is 2. The Kier molecular flexibility index (Phi) is 8.63. The van der Waals surface area contributed by atoms with E-state index in [0.29, 0.717) is 18.7 Å². The summed E-state index contributed by atoms with van der Waals surface area (Å²) in [6, 6.07) is 9.40. The van der Waals surface area contributed by atoms with E-state index in [2.05, 4.69) is 60.6 Å². The van der Waals surface area contributed by atoms with E-state index in [9.17, 15) is 0 Å². The van der Waals surface area contributed by atoms with E-state index in [1.54, 1.807) is 0 Å². The van der Waals surface area contributed by atoms with Gasteiger partial charge in [0.25, 0.3) is 0 Å². The summed E-state index contributed by atoms with van der Waals surface area (Å²) in [6.45, 7) is 12.0. The molecule has 1 heterocycles. The van der Waals surface area contributed by atoms with E-state index < -0.39 is 0 Å². The number of ether oxygens (including phenoxy) is 1. The maximum Gasteiger partial charge on any atom is 0.191 e. The summed E-state index contributed by atoms with van der Waals surface area (Å²) in [5.41, 5.74) is 2.62. The van der Waals surface area contributed by atoms with Gasteiger partial charge in [0.15, 0.2) is 5.96 Å². The first-order chi connectivity index (χ1) is 12.1. The summed E-state index contributed by atoms with van der Waals surface area (Å²) in [6.07, 6.45) is 1.58. The van der Waals surface area contributed by atoms with Gasteiger partial charge in [0.1, 0.15) is 0 Å². The number of nitrogens with zero attached hydrogens (tertiary/aromatic N) is 2. The van der Waals surface area contributed by atoms with Crippen LogP contribution in [-0.4, -0.2) is 49.2 Å². The van der Waals surface area contributed by atoms with Gasteiger partial charge in [-0.2, -0.15) is 0 Å². The zero-order chi connectivity index (χ0) is 17.6. The summed E-state index contributed by atoms with van der Waals surface area (Å²) >= 11 is 0. The van der Waals surface area contributed by atoms with Crippen LogP contribution < -0.4 is 10.6 Å². The lowest BCUT2D eigenvalue weighted by atomic mass is 10.1. The summed E-state index contributed by atoms with van der Waals surface area (Å²) in [4.78, 5) is 7.23. The first-order valence-corrected chi connectivity index (χ1v) is 9.60. The molecule has 1 aromatic carbocycles. The van der Waals surface area contributed by atoms with Crippen LogP contribution in [0.2, 0.25) is 0 Å². The van der Waals surface area contributed by atoms with Crippen LogP contribution in [0.25, 0.3) is 0 Å². The van der Waals surface area contributed by atoms with Gasteiger partial charge >= 0.3 is 0 Å². The molecule has 2 fully saturated rings. The van der Waals surface area contributed by atoms with Gasteiger partial charge in [-0.15, -0.1) is 24.0 Å². The van der Waals surface area contributed by atoms with E-state index in [1.807, 2.05) is 0 Å². The van der Waals surface area contributed by atoms with Crippen molar-refractivity contribution in [3.63, 3.8) is 0 Å². The Morgan fingerprint density at radius 3 is 2.77 bits per heavy atom. The normalized spacial score (nSPS) is 26.1. The monoisotopic (exact) mass is 472 g/mol. The molecule has 1 aromatic rings. The molecule has 1 saturated heterocycles. The highest BCUT2D eigenvalue weighted by molar-refractivity contribution is 14.0. The van der Waals surface area contributed by atoms with Crippen LogP contribution in [-0.2, 0) is 17.8 Å². The van der Waals surface area contributed by atoms with Crippen molar-refractivity contribution in [1.29, 1.82) is 0 Å². The molecule has 1 aliphatic heterocycles. The predicted molar refractivity (Wildman–Crippen MR) is 118 cm³/mol. The lowest BCUT2D eigenvalue weighted by molar-refractivity contribution is -0.0212. The molecular formula is C20H33IN4O. The standard InChI is InChI=1S/C20H32N4O.HI/c1-4-21-20(23-19-10-15(19)2)22-12-17-6-5-7-18(11-17)14-24-8-9-25-16(3)13-24;/h5-7,11,15-16,19H,4,8-10,12-14H2,1-3H3,(H2,21,22,23);1H. The molecule has 0 bridgehead atoms. The van der Waals surface area contributed by atoms with Crippen molar-refractivity contribution in [2.24, 2.45) is 10.9 Å². The number of aliphatic imine (C=N–C) groups is 1. The molecule has 26 heavy (non-hydrogen) atoms. The average molecular weight is 472 g/mol. The predicted octanol–water partition coefficient (Wildman–Crippen LogP) is 2.99. The largest absolute Gasteiger partial charge is 0.376 e. The topological polar surface area (TPSA) is 48.9 Å². The summed E-state index contributed by atoms with van der Waals surface area (Å²) in [5, 5.41) is 6.86. The van der Waals surface area contributed by atoms with E-state index in [4.69, 9.17) is 9.73 Å². The average Bonchev–Trinajstić information content (AvgIpc) is 3.28. The summed E-state index contributed by atoms with van der Waals surface area (Å²) < 4.78 is 5.63.